The molecule has 0 radical (unpaired) electrons. The fourth-order valence-electron chi connectivity index (χ4n) is 13.3. The van der Waals surface area contributed by atoms with Gasteiger partial charge in [0.05, 0.1) is 22.7 Å². The van der Waals surface area contributed by atoms with Crippen molar-refractivity contribution in [2.24, 2.45) is 0 Å². The Kier molecular flexibility index (Phi) is 12.0. The minimum atomic E-state index is 0.529. The van der Waals surface area contributed by atoms with Gasteiger partial charge in [-0.1, -0.05) is 200 Å². The number of hydrogen-bond donors (Lipinski definition) is 0. The zero-order valence-electron chi connectivity index (χ0n) is 48.3. The maximum Gasteiger partial charge on any atom is 0.227 e. The standard InChI is InChI=1S/C82H50N4O3S/c1-4-21-51(22-5-1)61-31-14-17-36-69(61)85(60-41-44-76-68(50-60)65-35-16-19-38-75(65)90-76)71-47-57-28-11-13-34-64(57)79-78(71)84-82(88-79)58-30-20-29-54(45-58)55-39-42-73-66(46-55)67-49-59(40-43-74(67)87-73)86(70-37-18-15-32-62(70)52-23-6-2-7-24-52)72-48-56-27-10-12-33-63(56)77-80(72)89-81(83-77)53-25-8-3-9-26-53/h1-50H. The highest BCUT2D eigenvalue weighted by Gasteiger charge is 2.28. The minimum Gasteiger partial charge on any atom is -0.456 e. The molecule has 0 bridgehead atoms. The highest BCUT2D eigenvalue weighted by molar-refractivity contribution is 7.25. The quantitative estimate of drug-likeness (QED) is 0.128. The first-order valence-electron chi connectivity index (χ1n) is 30.2. The van der Waals surface area contributed by atoms with Crippen molar-refractivity contribution < 1.29 is 13.3 Å². The first-order chi connectivity index (χ1) is 44.6. The van der Waals surface area contributed by atoms with Crippen molar-refractivity contribution in [2.45, 2.75) is 0 Å². The SMILES string of the molecule is c1ccc(-c2nc3c(o2)c(N(c2ccc4oc5ccc(-c6cccc(-c7nc8c(N(c9ccc%10sc%11ccccc%11c%10c9)c9ccccc9-c9ccccc9)cc9ccccc9c8o7)c6)cc5c4c2)c2ccccc2-c2ccccc2)cc2ccccc23)cc1. The molecule has 422 valence electrons. The summed E-state index contributed by atoms with van der Waals surface area (Å²) >= 11 is 1.82. The number of nitrogens with zero attached hydrogens (tertiary/aromatic N) is 4. The van der Waals surface area contributed by atoms with Crippen LogP contribution in [0.25, 0.3) is 142 Å². The fraction of sp³-hybridized carbons (Fsp3) is 0. The second-order valence-corrected chi connectivity index (χ2v) is 23.9. The predicted molar refractivity (Wildman–Crippen MR) is 373 cm³/mol. The van der Waals surface area contributed by atoms with Crippen LogP contribution in [0.2, 0.25) is 0 Å². The van der Waals surface area contributed by atoms with E-state index in [-0.39, 0.29) is 0 Å². The lowest BCUT2D eigenvalue weighted by Gasteiger charge is -2.28. The molecule has 18 rings (SSSR count). The van der Waals surface area contributed by atoms with Gasteiger partial charge < -0.3 is 23.1 Å². The zero-order chi connectivity index (χ0) is 59.2. The van der Waals surface area contributed by atoms with Crippen molar-refractivity contribution in [2.75, 3.05) is 9.80 Å². The molecule has 18 aromatic rings. The Morgan fingerprint density at radius 1 is 0.267 bits per heavy atom. The Labute approximate surface area is 520 Å². The van der Waals surface area contributed by atoms with E-state index in [1.165, 1.54) is 20.2 Å². The second-order valence-electron chi connectivity index (χ2n) is 22.8. The number of furan rings is 1. The molecule has 4 heterocycles. The van der Waals surface area contributed by atoms with E-state index in [1.54, 1.807) is 0 Å². The van der Waals surface area contributed by atoms with E-state index in [2.05, 4.69) is 283 Å². The monoisotopic (exact) mass is 1170 g/mol. The number of benzene rings is 14. The molecule has 0 aliphatic carbocycles. The van der Waals surface area contributed by atoms with Crippen LogP contribution in [0.1, 0.15) is 0 Å². The second kappa shape index (κ2) is 21.0. The lowest BCUT2D eigenvalue weighted by molar-refractivity contribution is 0.620. The van der Waals surface area contributed by atoms with Gasteiger partial charge in [0.2, 0.25) is 11.8 Å². The molecule has 8 heteroatoms. The predicted octanol–water partition coefficient (Wildman–Crippen LogP) is 23.8. The van der Waals surface area contributed by atoms with Crippen LogP contribution >= 0.6 is 11.3 Å². The van der Waals surface area contributed by atoms with E-state index < -0.39 is 0 Å². The molecule has 0 amide bonds. The van der Waals surface area contributed by atoms with E-state index in [1.807, 2.05) is 41.7 Å². The maximum absolute atomic E-state index is 7.12. The molecular weight excluding hydrogens is 1120 g/mol. The summed E-state index contributed by atoms with van der Waals surface area (Å²) in [6.07, 6.45) is 0. The lowest BCUT2D eigenvalue weighted by atomic mass is 9.99. The van der Waals surface area contributed by atoms with E-state index in [9.17, 15) is 0 Å². The van der Waals surface area contributed by atoms with Gasteiger partial charge in [0.1, 0.15) is 22.2 Å². The van der Waals surface area contributed by atoms with Gasteiger partial charge in [-0.25, -0.2) is 9.97 Å². The van der Waals surface area contributed by atoms with Crippen molar-refractivity contribution in [1.82, 2.24) is 9.97 Å². The molecular formula is C82H50N4O3S. The Hall–Kier alpha value is -11.8. The lowest BCUT2D eigenvalue weighted by Crippen LogP contribution is -2.12. The van der Waals surface area contributed by atoms with Crippen LogP contribution in [0.5, 0.6) is 0 Å². The van der Waals surface area contributed by atoms with E-state index in [0.29, 0.717) is 17.4 Å². The number of para-hydroxylation sites is 2. The topological polar surface area (TPSA) is 71.7 Å². The van der Waals surface area contributed by atoms with Crippen molar-refractivity contribution in [3.63, 3.8) is 0 Å². The molecule has 0 unspecified atom stereocenters. The van der Waals surface area contributed by atoms with Gasteiger partial charge in [0.15, 0.2) is 11.2 Å². The van der Waals surface area contributed by atoms with Gasteiger partial charge in [-0.2, -0.15) is 0 Å². The van der Waals surface area contributed by atoms with Gasteiger partial charge in [-0.05, 0) is 136 Å². The summed E-state index contributed by atoms with van der Waals surface area (Å²) in [6, 6.07) is 107. The summed E-state index contributed by atoms with van der Waals surface area (Å²) in [7, 11) is 0. The number of anilines is 6. The van der Waals surface area contributed by atoms with E-state index in [4.69, 9.17) is 23.2 Å². The summed E-state index contributed by atoms with van der Waals surface area (Å²) < 4.78 is 23.3. The largest absolute Gasteiger partial charge is 0.456 e. The molecule has 0 fully saturated rings. The summed E-state index contributed by atoms with van der Waals surface area (Å²) in [5, 5.41) is 8.53. The first kappa shape index (κ1) is 51.4. The Bertz CT molecular complexity index is 5830. The Morgan fingerprint density at radius 2 is 0.756 bits per heavy atom. The highest BCUT2D eigenvalue weighted by atomic mass is 32.1. The molecule has 0 atom stereocenters. The van der Waals surface area contributed by atoms with Gasteiger partial charge in [0, 0.05) is 75.3 Å². The number of oxazole rings is 2. The third-order valence-corrected chi connectivity index (χ3v) is 18.6. The number of hydrogen-bond acceptors (Lipinski definition) is 8. The van der Waals surface area contributed by atoms with Crippen LogP contribution in [0.4, 0.5) is 34.1 Å². The average molecular weight is 1170 g/mol. The number of rotatable bonds is 11. The molecule has 90 heavy (non-hydrogen) atoms. The summed E-state index contributed by atoms with van der Waals surface area (Å²) in [5.74, 6) is 1.09. The van der Waals surface area contributed by atoms with Crippen LogP contribution in [-0.4, -0.2) is 9.97 Å². The smallest absolute Gasteiger partial charge is 0.227 e. The average Bonchev–Trinajstić information content (AvgIpc) is 1.53. The van der Waals surface area contributed by atoms with Crippen LogP contribution < -0.4 is 9.80 Å². The molecule has 7 nitrogen and oxygen atoms in total. The summed E-state index contributed by atoms with van der Waals surface area (Å²) in [4.78, 5) is 15.5. The third-order valence-electron chi connectivity index (χ3n) is 17.5. The third kappa shape index (κ3) is 8.56. The summed E-state index contributed by atoms with van der Waals surface area (Å²) in [5.41, 5.74) is 18.5. The van der Waals surface area contributed by atoms with E-state index in [0.717, 1.165) is 139 Å². The molecule has 0 spiro atoms. The molecule has 0 N–H and O–H groups in total. The summed E-state index contributed by atoms with van der Waals surface area (Å²) in [6.45, 7) is 0. The van der Waals surface area contributed by atoms with Crippen molar-refractivity contribution in [3.8, 4) is 56.3 Å². The van der Waals surface area contributed by atoms with Gasteiger partial charge >= 0.3 is 0 Å². The van der Waals surface area contributed by atoms with Crippen molar-refractivity contribution in [3.05, 3.63) is 303 Å². The van der Waals surface area contributed by atoms with Crippen molar-refractivity contribution >= 4 is 131 Å². The molecule has 0 aliphatic heterocycles. The number of thiophene rings is 1. The Balaban J connectivity index is 0.786. The maximum atomic E-state index is 7.12. The highest BCUT2D eigenvalue weighted by Crippen LogP contribution is 2.50. The number of fused-ring (bicyclic) bond motifs is 12. The molecule has 14 aromatic carbocycles. The Morgan fingerprint density at radius 3 is 1.49 bits per heavy atom. The van der Waals surface area contributed by atoms with Gasteiger partial charge in [0.25, 0.3) is 0 Å². The number of aromatic nitrogens is 2. The van der Waals surface area contributed by atoms with Gasteiger partial charge in [-0.3, -0.25) is 0 Å². The molecule has 4 aromatic heterocycles. The van der Waals surface area contributed by atoms with Gasteiger partial charge in [-0.15, -0.1) is 11.3 Å². The fourth-order valence-corrected chi connectivity index (χ4v) is 14.3. The first-order valence-corrected chi connectivity index (χ1v) is 31.0. The van der Waals surface area contributed by atoms with Crippen LogP contribution in [-0.2, 0) is 0 Å². The minimum absolute atomic E-state index is 0.529. The van der Waals surface area contributed by atoms with Crippen LogP contribution in [0.15, 0.2) is 317 Å². The molecule has 0 aliphatic rings. The zero-order valence-corrected chi connectivity index (χ0v) is 49.1. The van der Waals surface area contributed by atoms with Crippen molar-refractivity contribution in [1.29, 1.82) is 0 Å². The van der Waals surface area contributed by atoms with Crippen LogP contribution in [0.3, 0.4) is 0 Å². The van der Waals surface area contributed by atoms with Crippen LogP contribution in [0, 0.1) is 0 Å². The van der Waals surface area contributed by atoms with E-state index >= 15 is 0 Å². The normalized spacial score (nSPS) is 11.8. The molecule has 0 saturated heterocycles. The molecule has 0 saturated carbocycles.